The van der Waals surface area contributed by atoms with Crippen molar-refractivity contribution < 1.29 is 9.53 Å². The number of aromatic nitrogens is 1. The maximum absolute atomic E-state index is 13.1. The number of benzene rings is 2. The van der Waals surface area contributed by atoms with Crippen molar-refractivity contribution in [1.29, 1.82) is 0 Å². The number of hydrogen-bond donors (Lipinski definition) is 0. The van der Waals surface area contributed by atoms with Crippen LogP contribution in [0.2, 0.25) is 0 Å². The van der Waals surface area contributed by atoms with Crippen molar-refractivity contribution in [3.8, 4) is 11.3 Å². The molecule has 0 bridgehead atoms. The molecule has 1 aliphatic rings. The molecule has 0 radical (unpaired) electrons. The molecular formula is C20H18N2O2. The Morgan fingerprint density at radius 3 is 2.46 bits per heavy atom. The molecule has 0 atom stereocenters. The highest BCUT2D eigenvalue weighted by molar-refractivity contribution is 6.03. The Kier molecular flexibility index (Phi) is 3.97. The van der Waals surface area contributed by atoms with Crippen molar-refractivity contribution >= 4 is 16.8 Å². The topological polar surface area (TPSA) is 42.4 Å². The summed E-state index contributed by atoms with van der Waals surface area (Å²) >= 11 is 0. The first-order valence-electron chi connectivity index (χ1n) is 8.15. The molecule has 1 aliphatic heterocycles. The number of pyridine rings is 1. The third kappa shape index (κ3) is 2.76. The van der Waals surface area contributed by atoms with Gasteiger partial charge in [0.15, 0.2) is 0 Å². The minimum absolute atomic E-state index is 0.0235. The van der Waals surface area contributed by atoms with E-state index < -0.39 is 0 Å². The number of morpholine rings is 1. The van der Waals surface area contributed by atoms with Gasteiger partial charge in [-0.15, -0.1) is 0 Å². The van der Waals surface area contributed by atoms with Gasteiger partial charge in [-0.05, 0) is 12.1 Å². The molecule has 0 aliphatic carbocycles. The second-order valence-electron chi connectivity index (χ2n) is 5.85. The fraction of sp³-hybridized carbons (Fsp3) is 0.200. The first kappa shape index (κ1) is 14.8. The monoisotopic (exact) mass is 318 g/mol. The second-order valence-corrected chi connectivity index (χ2v) is 5.85. The van der Waals surface area contributed by atoms with Crippen molar-refractivity contribution in [3.05, 3.63) is 66.2 Å². The van der Waals surface area contributed by atoms with Crippen molar-refractivity contribution in [2.45, 2.75) is 0 Å². The lowest BCUT2D eigenvalue weighted by atomic mass is 10.0. The zero-order valence-electron chi connectivity index (χ0n) is 13.3. The van der Waals surface area contributed by atoms with E-state index in [9.17, 15) is 4.79 Å². The average Bonchev–Trinajstić information content (AvgIpc) is 2.68. The standard InChI is InChI=1S/C20H18N2O2/c23-20(22-10-12-24-13-11-22)17-14-16-8-4-5-9-18(16)21-19(17)15-6-2-1-3-7-15/h1-9,14H,10-13H2. The lowest BCUT2D eigenvalue weighted by Gasteiger charge is -2.27. The van der Waals surface area contributed by atoms with Gasteiger partial charge in [0.2, 0.25) is 0 Å². The molecule has 4 heteroatoms. The zero-order valence-corrected chi connectivity index (χ0v) is 13.3. The van der Waals surface area contributed by atoms with Gasteiger partial charge in [0, 0.05) is 24.0 Å². The van der Waals surface area contributed by atoms with Crippen molar-refractivity contribution in [3.63, 3.8) is 0 Å². The number of carbonyl (C=O) groups excluding carboxylic acids is 1. The molecular weight excluding hydrogens is 300 g/mol. The van der Waals surface area contributed by atoms with Crippen molar-refractivity contribution in [1.82, 2.24) is 9.88 Å². The number of hydrogen-bond acceptors (Lipinski definition) is 3. The number of fused-ring (bicyclic) bond motifs is 1. The van der Waals surface area contributed by atoms with Crippen LogP contribution in [-0.2, 0) is 4.74 Å². The Morgan fingerprint density at radius 1 is 0.958 bits per heavy atom. The summed E-state index contributed by atoms with van der Waals surface area (Å²) < 4.78 is 5.36. The number of carbonyl (C=O) groups is 1. The third-order valence-electron chi connectivity index (χ3n) is 4.30. The molecule has 4 nitrogen and oxygen atoms in total. The van der Waals surface area contributed by atoms with Gasteiger partial charge in [-0.25, -0.2) is 4.98 Å². The summed E-state index contributed by atoms with van der Waals surface area (Å²) in [6, 6.07) is 19.8. The molecule has 0 spiro atoms. The first-order chi connectivity index (χ1) is 11.8. The van der Waals surface area contributed by atoms with Crippen LogP contribution in [0.1, 0.15) is 10.4 Å². The molecule has 1 amide bonds. The van der Waals surface area contributed by atoms with Crippen LogP contribution in [0, 0.1) is 0 Å². The van der Waals surface area contributed by atoms with Crippen molar-refractivity contribution in [2.24, 2.45) is 0 Å². The summed E-state index contributed by atoms with van der Waals surface area (Å²) in [6.45, 7) is 2.43. The predicted molar refractivity (Wildman–Crippen MR) is 93.9 cm³/mol. The minimum Gasteiger partial charge on any atom is -0.378 e. The van der Waals surface area contributed by atoms with E-state index in [4.69, 9.17) is 9.72 Å². The van der Waals surface area contributed by atoms with E-state index in [1.54, 1.807) is 0 Å². The number of ether oxygens (including phenoxy) is 1. The van der Waals surface area contributed by atoms with E-state index in [0.717, 1.165) is 22.2 Å². The molecule has 2 aromatic carbocycles. The maximum Gasteiger partial charge on any atom is 0.256 e. The van der Waals surface area contributed by atoms with Crippen LogP contribution in [-0.4, -0.2) is 42.1 Å². The van der Waals surface area contributed by atoms with Crippen LogP contribution >= 0.6 is 0 Å². The van der Waals surface area contributed by atoms with Gasteiger partial charge >= 0.3 is 0 Å². The lowest BCUT2D eigenvalue weighted by Crippen LogP contribution is -2.41. The van der Waals surface area contributed by atoms with Gasteiger partial charge in [-0.1, -0.05) is 48.5 Å². The summed E-state index contributed by atoms with van der Waals surface area (Å²) in [6.07, 6.45) is 0. The molecule has 2 heterocycles. The van der Waals surface area contributed by atoms with E-state index in [1.807, 2.05) is 65.6 Å². The Balaban J connectivity index is 1.86. The number of rotatable bonds is 2. The van der Waals surface area contributed by atoms with Crippen molar-refractivity contribution in [2.75, 3.05) is 26.3 Å². The molecule has 0 N–H and O–H groups in total. The molecule has 24 heavy (non-hydrogen) atoms. The molecule has 0 saturated carbocycles. The smallest absolute Gasteiger partial charge is 0.256 e. The van der Waals surface area contributed by atoms with Crippen LogP contribution in [0.15, 0.2) is 60.7 Å². The molecule has 1 saturated heterocycles. The van der Waals surface area contributed by atoms with Gasteiger partial charge in [-0.3, -0.25) is 4.79 Å². The molecule has 1 fully saturated rings. The predicted octanol–water partition coefficient (Wildman–Crippen LogP) is 3.37. The Morgan fingerprint density at radius 2 is 1.67 bits per heavy atom. The van der Waals surface area contributed by atoms with Gasteiger partial charge < -0.3 is 9.64 Å². The van der Waals surface area contributed by atoms with Gasteiger partial charge in [0.1, 0.15) is 0 Å². The number of nitrogens with zero attached hydrogens (tertiary/aromatic N) is 2. The molecule has 3 aromatic rings. The first-order valence-corrected chi connectivity index (χ1v) is 8.15. The van der Waals surface area contributed by atoms with E-state index >= 15 is 0 Å². The van der Waals surface area contributed by atoms with Gasteiger partial charge in [0.25, 0.3) is 5.91 Å². The van der Waals surface area contributed by atoms with Crippen LogP contribution in [0.5, 0.6) is 0 Å². The van der Waals surface area contributed by atoms with Crippen LogP contribution in [0.25, 0.3) is 22.2 Å². The summed E-state index contributed by atoms with van der Waals surface area (Å²) in [4.78, 5) is 19.7. The van der Waals surface area contributed by atoms with E-state index in [0.29, 0.717) is 31.9 Å². The Bertz CT molecular complexity index is 871. The van der Waals surface area contributed by atoms with E-state index in [2.05, 4.69) is 0 Å². The lowest BCUT2D eigenvalue weighted by molar-refractivity contribution is 0.0303. The summed E-state index contributed by atoms with van der Waals surface area (Å²) in [7, 11) is 0. The van der Waals surface area contributed by atoms with E-state index in [-0.39, 0.29) is 5.91 Å². The Labute approximate surface area is 140 Å². The van der Waals surface area contributed by atoms with Gasteiger partial charge in [-0.2, -0.15) is 0 Å². The normalized spacial score (nSPS) is 14.8. The highest BCUT2D eigenvalue weighted by Crippen LogP contribution is 2.27. The molecule has 4 rings (SSSR count). The summed E-state index contributed by atoms with van der Waals surface area (Å²) in [5, 5.41) is 0.980. The molecule has 0 unspecified atom stereocenters. The highest BCUT2D eigenvalue weighted by Gasteiger charge is 2.23. The summed E-state index contributed by atoms with van der Waals surface area (Å²) in [5.41, 5.74) is 3.25. The fourth-order valence-corrected chi connectivity index (χ4v) is 3.03. The fourth-order valence-electron chi connectivity index (χ4n) is 3.03. The highest BCUT2D eigenvalue weighted by atomic mass is 16.5. The molecule has 1 aromatic heterocycles. The largest absolute Gasteiger partial charge is 0.378 e. The quantitative estimate of drug-likeness (QED) is 0.727. The summed E-state index contributed by atoms with van der Waals surface area (Å²) in [5.74, 6) is 0.0235. The SMILES string of the molecule is O=C(c1cc2ccccc2nc1-c1ccccc1)N1CCOCC1. The van der Waals surface area contributed by atoms with E-state index in [1.165, 1.54) is 0 Å². The maximum atomic E-state index is 13.1. The zero-order chi connectivity index (χ0) is 16.4. The number of para-hydroxylation sites is 1. The second kappa shape index (κ2) is 6.42. The Hall–Kier alpha value is -2.72. The molecule has 120 valence electrons. The third-order valence-corrected chi connectivity index (χ3v) is 4.30. The average molecular weight is 318 g/mol. The van der Waals surface area contributed by atoms with Crippen LogP contribution in [0.4, 0.5) is 0 Å². The number of amides is 1. The minimum atomic E-state index is 0.0235. The van der Waals surface area contributed by atoms with Crippen LogP contribution in [0.3, 0.4) is 0 Å². The van der Waals surface area contributed by atoms with Gasteiger partial charge in [0.05, 0.1) is 30.0 Å². The van der Waals surface area contributed by atoms with Crippen LogP contribution < -0.4 is 0 Å².